The van der Waals surface area contributed by atoms with Gasteiger partial charge in [-0.05, 0) is 25.8 Å². The standard InChI is InChI=1S/C14H26N4O/c1-17(8-12-5-3-2-4-6-12)10-14(19)11-18-9-13(15)7-16-18/h7,9,12,14,19H,2-6,8,10-11,15H2,1H3. The van der Waals surface area contributed by atoms with Crippen LogP contribution in [0.4, 0.5) is 5.69 Å². The number of aliphatic hydroxyl groups is 1. The third-order valence-corrected chi connectivity index (χ3v) is 3.87. The summed E-state index contributed by atoms with van der Waals surface area (Å²) < 4.78 is 1.70. The number of nitrogens with two attached hydrogens (primary N) is 1. The summed E-state index contributed by atoms with van der Waals surface area (Å²) in [5.74, 6) is 0.811. The Balaban J connectivity index is 1.70. The summed E-state index contributed by atoms with van der Waals surface area (Å²) in [5, 5.41) is 14.2. The van der Waals surface area contributed by atoms with Crippen molar-refractivity contribution < 1.29 is 5.11 Å². The minimum Gasteiger partial charge on any atom is -0.396 e. The number of hydrogen-bond donors (Lipinski definition) is 2. The van der Waals surface area contributed by atoms with Gasteiger partial charge in [-0.3, -0.25) is 4.68 Å². The van der Waals surface area contributed by atoms with Gasteiger partial charge in [-0.2, -0.15) is 5.10 Å². The number of anilines is 1. The fourth-order valence-corrected chi connectivity index (χ4v) is 3.00. The molecule has 1 unspecified atom stereocenters. The van der Waals surface area contributed by atoms with E-state index < -0.39 is 6.10 Å². The largest absolute Gasteiger partial charge is 0.396 e. The minimum absolute atomic E-state index is 0.395. The minimum atomic E-state index is -0.395. The molecule has 1 atom stereocenters. The van der Waals surface area contributed by atoms with Gasteiger partial charge in [0.25, 0.3) is 0 Å². The van der Waals surface area contributed by atoms with E-state index >= 15 is 0 Å². The molecule has 0 aliphatic heterocycles. The third kappa shape index (κ3) is 4.84. The molecule has 0 spiro atoms. The van der Waals surface area contributed by atoms with Gasteiger partial charge in [0, 0.05) is 19.3 Å². The van der Waals surface area contributed by atoms with Gasteiger partial charge in [0.15, 0.2) is 0 Å². The zero-order valence-electron chi connectivity index (χ0n) is 11.8. The van der Waals surface area contributed by atoms with Crippen LogP contribution in [0, 0.1) is 5.92 Å². The highest BCUT2D eigenvalue weighted by Gasteiger charge is 2.17. The molecule has 108 valence electrons. The predicted molar refractivity (Wildman–Crippen MR) is 76.7 cm³/mol. The van der Waals surface area contributed by atoms with Crippen molar-refractivity contribution in [3.63, 3.8) is 0 Å². The maximum atomic E-state index is 10.1. The van der Waals surface area contributed by atoms with Gasteiger partial charge in [0.2, 0.25) is 0 Å². The fraction of sp³-hybridized carbons (Fsp3) is 0.786. The summed E-state index contributed by atoms with van der Waals surface area (Å²) in [6.07, 6.45) is 9.78. The van der Waals surface area contributed by atoms with Crippen molar-refractivity contribution in [3.05, 3.63) is 12.4 Å². The zero-order chi connectivity index (χ0) is 13.7. The highest BCUT2D eigenvalue weighted by atomic mass is 16.3. The van der Waals surface area contributed by atoms with Crippen LogP contribution in [0.3, 0.4) is 0 Å². The van der Waals surface area contributed by atoms with Crippen molar-refractivity contribution in [1.29, 1.82) is 0 Å². The molecule has 0 aromatic carbocycles. The predicted octanol–water partition coefficient (Wildman–Crippen LogP) is 1.34. The molecule has 5 nitrogen and oxygen atoms in total. The Morgan fingerprint density at radius 3 is 2.84 bits per heavy atom. The summed E-state index contributed by atoms with van der Waals surface area (Å²) in [7, 11) is 2.09. The van der Waals surface area contributed by atoms with Gasteiger partial charge in [0.1, 0.15) is 0 Å². The molecule has 0 amide bonds. The lowest BCUT2D eigenvalue weighted by Crippen LogP contribution is -2.35. The van der Waals surface area contributed by atoms with Gasteiger partial charge < -0.3 is 15.7 Å². The number of aromatic nitrogens is 2. The second-order valence-electron chi connectivity index (χ2n) is 5.87. The van der Waals surface area contributed by atoms with Crippen molar-refractivity contribution in [2.24, 2.45) is 5.92 Å². The average molecular weight is 266 g/mol. The number of likely N-dealkylation sites (N-methyl/N-ethyl adjacent to an activating group) is 1. The topological polar surface area (TPSA) is 67.3 Å². The van der Waals surface area contributed by atoms with E-state index in [2.05, 4.69) is 17.0 Å². The van der Waals surface area contributed by atoms with E-state index in [1.165, 1.54) is 32.1 Å². The van der Waals surface area contributed by atoms with Crippen LogP contribution in [-0.2, 0) is 6.54 Å². The second-order valence-corrected chi connectivity index (χ2v) is 5.87. The Hall–Kier alpha value is -1.07. The first-order valence-corrected chi connectivity index (χ1v) is 7.28. The number of rotatable bonds is 6. The van der Waals surface area contributed by atoms with Crippen LogP contribution in [0.5, 0.6) is 0 Å². The number of aliphatic hydroxyl groups excluding tert-OH is 1. The molecule has 1 heterocycles. The quantitative estimate of drug-likeness (QED) is 0.815. The van der Waals surface area contributed by atoms with E-state index in [-0.39, 0.29) is 0 Å². The van der Waals surface area contributed by atoms with E-state index in [0.717, 1.165) is 12.5 Å². The monoisotopic (exact) mass is 266 g/mol. The van der Waals surface area contributed by atoms with E-state index in [9.17, 15) is 5.11 Å². The van der Waals surface area contributed by atoms with Gasteiger partial charge in [-0.25, -0.2) is 0 Å². The summed E-state index contributed by atoms with van der Waals surface area (Å²) in [6.45, 7) is 2.29. The number of nitrogens with zero attached hydrogens (tertiary/aromatic N) is 3. The maximum Gasteiger partial charge on any atom is 0.0862 e. The molecular weight excluding hydrogens is 240 g/mol. The molecule has 3 N–H and O–H groups in total. The maximum absolute atomic E-state index is 10.1. The van der Waals surface area contributed by atoms with Crippen molar-refractivity contribution in [2.45, 2.75) is 44.8 Å². The summed E-state index contributed by atoms with van der Waals surface area (Å²) in [6, 6.07) is 0. The average Bonchev–Trinajstić information content (AvgIpc) is 2.75. The molecule has 5 heteroatoms. The Kier molecular flexibility index (Phi) is 5.22. The molecule has 0 radical (unpaired) electrons. The highest BCUT2D eigenvalue weighted by Crippen LogP contribution is 2.24. The summed E-state index contributed by atoms with van der Waals surface area (Å²) in [5.41, 5.74) is 6.25. The molecule has 1 aromatic heterocycles. The van der Waals surface area contributed by atoms with E-state index in [0.29, 0.717) is 18.8 Å². The molecule has 0 bridgehead atoms. The molecule has 1 aromatic rings. The van der Waals surface area contributed by atoms with E-state index in [1.54, 1.807) is 17.1 Å². The van der Waals surface area contributed by atoms with Crippen molar-refractivity contribution in [1.82, 2.24) is 14.7 Å². The lowest BCUT2D eigenvalue weighted by Gasteiger charge is -2.28. The molecule has 1 aliphatic rings. The normalized spacial score (nSPS) is 18.9. The third-order valence-electron chi connectivity index (χ3n) is 3.87. The number of nitrogen functional groups attached to an aromatic ring is 1. The first kappa shape index (κ1) is 14.3. The SMILES string of the molecule is CN(CC(O)Cn1cc(N)cn1)CC1CCCCC1. The Morgan fingerprint density at radius 1 is 1.47 bits per heavy atom. The van der Waals surface area contributed by atoms with Crippen LogP contribution in [-0.4, -0.2) is 46.0 Å². The second kappa shape index (κ2) is 6.91. The van der Waals surface area contributed by atoms with Crippen LogP contribution in [0.25, 0.3) is 0 Å². The highest BCUT2D eigenvalue weighted by molar-refractivity contribution is 5.30. The zero-order valence-corrected chi connectivity index (χ0v) is 11.8. The van der Waals surface area contributed by atoms with Crippen molar-refractivity contribution in [3.8, 4) is 0 Å². The van der Waals surface area contributed by atoms with Crippen LogP contribution >= 0.6 is 0 Å². The first-order valence-electron chi connectivity index (χ1n) is 7.28. The van der Waals surface area contributed by atoms with Gasteiger partial charge in [-0.15, -0.1) is 0 Å². The summed E-state index contributed by atoms with van der Waals surface area (Å²) >= 11 is 0. The summed E-state index contributed by atoms with van der Waals surface area (Å²) in [4.78, 5) is 2.24. The van der Waals surface area contributed by atoms with Crippen LogP contribution in [0.2, 0.25) is 0 Å². The smallest absolute Gasteiger partial charge is 0.0862 e. The Morgan fingerprint density at radius 2 is 2.21 bits per heavy atom. The molecule has 0 saturated heterocycles. The molecule has 1 fully saturated rings. The van der Waals surface area contributed by atoms with E-state index in [1.807, 2.05) is 0 Å². The molecule has 19 heavy (non-hydrogen) atoms. The van der Waals surface area contributed by atoms with Crippen LogP contribution in [0.15, 0.2) is 12.4 Å². The molecule has 2 rings (SSSR count). The van der Waals surface area contributed by atoms with Crippen LogP contribution < -0.4 is 5.73 Å². The van der Waals surface area contributed by atoms with Crippen LogP contribution in [0.1, 0.15) is 32.1 Å². The Bertz CT molecular complexity index is 373. The lowest BCUT2D eigenvalue weighted by molar-refractivity contribution is 0.0956. The fourth-order valence-electron chi connectivity index (χ4n) is 3.00. The van der Waals surface area contributed by atoms with Crippen molar-refractivity contribution in [2.75, 3.05) is 25.9 Å². The van der Waals surface area contributed by atoms with Gasteiger partial charge >= 0.3 is 0 Å². The number of hydrogen-bond acceptors (Lipinski definition) is 4. The Labute approximate surface area is 115 Å². The molecule has 1 saturated carbocycles. The first-order chi connectivity index (χ1) is 9.13. The van der Waals surface area contributed by atoms with Gasteiger partial charge in [0.05, 0.1) is 24.5 Å². The van der Waals surface area contributed by atoms with E-state index in [4.69, 9.17) is 5.73 Å². The molecule has 1 aliphatic carbocycles. The van der Waals surface area contributed by atoms with Crippen molar-refractivity contribution >= 4 is 5.69 Å². The lowest BCUT2D eigenvalue weighted by atomic mass is 9.89. The van der Waals surface area contributed by atoms with Gasteiger partial charge in [-0.1, -0.05) is 19.3 Å². The molecular formula is C14H26N4O.